The number of ether oxygens (including phenoxy) is 2. The van der Waals surface area contributed by atoms with Gasteiger partial charge in [0.15, 0.2) is 0 Å². The number of aromatic nitrogens is 3. The Bertz CT molecular complexity index is 1020. The van der Waals surface area contributed by atoms with Crippen LogP contribution in [0.1, 0.15) is 51.9 Å². The van der Waals surface area contributed by atoms with Crippen molar-refractivity contribution in [2.24, 2.45) is 0 Å². The van der Waals surface area contributed by atoms with Crippen molar-refractivity contribution in [3.63, 3.8) is 0 Å². The Kier molecular flexibility index (Phi) is 14.1. The van der Waals surface area contributed by atoms with Crippen LogP contribution in [0.2, 0.25) is 0 Å². The molecule has 3 N–H and O–H groups in total. The molecule has 0 aliphatic heterocycles. The largest absolute Gasteiger partial charge is 0.449 e. The van der Waals surface area contributed by atoms with Crippen LogP contribution in [0.15, 0.2) is 23.4 Å². The lowest BCUT2D eigenvalue weighted by Crippen LogP contribution is -2.33. The maximum absolute atomic E-state index is 12.8. The number of carbonyl (C=O) groups is 1. The number of rotatable bonds is 13. The highest BCUT2D eigenvalue weighted by atomic mass is 32.2. The molecule has 1 unspecified atom stereocenters. The topological polar surface area (TPSA) is 184 Å². The van der Waals surface area contributed by atoms with Gasteiger partial charge < -0.3 is 20.3 Å². The standard InChI is InChI=1S/C20H28N6O7S.C2H6/c1-3-33-20(28)25(12-14-8-7-9-15(22-14)13-32-11-6-5-10-27)18-16(26(29)30)17(21)23-19(24-18)34(31)4-2;1-2/h7-9,27H,3-6,10-13H2,1-2H3,(H2,21,23,24);1-2H3. The molecule has 2 aromatic heterocycles. The molecule has 1 amide bonds. The Morgan fingerprint density at radius 1 is 1.19 bits per heavy atom. The van der Waals surface area contributed by atoms with E-state index in [0.717, 1.165) is 4.90 Å². The maximum atomic E-state index is 12.8. The lowest BCUT2D eigenvalue weighted by molar-refractivity contribution is -0.383. The number of nitrogens with zero attached hydrogens (tertiary/aromatic N) is 5. The van der Waals surface area contributed by atoms with Crippen molar-refractivity contribution in [2.45, 2.75) is 58.8 Å². The zero-order valence-electron chi connectivity index (χ0n) is 21.0. The summed E-state index contributed by atoms with van der Waals surface area (Å²) in [5.74, 6) is -0.794. The average Bonchev–Trinajstić information content (AvgIpc) is 2.87. The van der Waals surface area contributed by atoms with Gasteiger partial charge in [0.05, 0.1) is 46.9 Å². The van der Waals surface area contributed by atoms with Crippen LogP contribution in [-0.2, 0) is 33.4 Å². The number of hydrogen-bond acceptors (Lipinski definition) is 11. The Balaban J connectivity index is 0.00000316. The number of aliphatic hydroxyl groups is 1. The fourth-order valence-corrected chi connectivity index (χ4v) is 3.46. The van der Waals surface area contributed by atoms with Crippen molar-refractivity contribution < 1.29 is 28.5 Å². The second-order valence-corrected chi connectivity index (χ2v) is 8.48. The van der Waals surface area contributed by atoms with Gasteiger partial charge in [0.2, 0.25) is 16.8 Å². The van der Waals surface area contributed by atoms with Crippen LogP contribution in [0.3, 0.4) is 0 Å². The number of nitrogen functional groups attached to an aromatic ring is 1. The fraction of sp³-hybridized carbons (Fsp3) is 0.545. The molecule has 0 bridgehead atoms. The molecular weight excluding hydrogens is 492 g/mol. The predicted octanol–water partition coefficient (Wildman–Crippen LogP) is 2.97. The van der Waals surface area contributed by atoms with Gasteiger partial charge >= 0.3 is 11.8 Å². The Morgan fingerprint density at radius 3 is 2.50 bits per heavy atom. The monoisotopic (exact) mass is 526 g/mol. The van der Waals surface area contributed by atoms with Crippen LogP contribution in [0.25, 0.3) is 0 Å². The third kappa shape index (κ3) is 9.09. The maximum Gasteiger partial charge on any atom is 0.416 e. The molecule has 0 fully saturated rings. The van der Waals surface area contributed by atoms with Gasteiger partial charge in [-0.2, -0.15) is 9.97 Å². The normalized spacial score (nSPS) is 11.2. The first kappa shape index (κ1) is 30.8. The zero-order chi connectivity index (χ0) is 27.1. The molecule has 0 aromatic carbocycles. The number of nitro groups is 1. The first-order valence-corrected chi connectivity index (χ1v) is 12.9. The minimum absolute atomic E-state index is 0.00654. The molecule has 2 aromatic rings. The van der Waals surface area contributed by atoms with E-state index in [2.05, 4.69) is 15.0 Å². The summed E-state index contributed by atoms with van der Waals surface area (Å²) in [5.41, 5.74) is 6.04. The minimum atomic E-state index is -1.67. The highest BCUT2D eigenvalue weighted by Gasteiger charge is 2.33. The van der Waals surface area contributed by atoms with E-state index in [0.29, 0.717) is 30.8 Å². The van der Waals surface area contributed by atoms with Crippen molar-refractivity contribution in [1.29, 1.82) is 0 Å². The summed E-state index contributed by atoms with van der Waals surface area (Å²) in [6.07, 6.45) is 0.421. The molecule has 2 heterocycles. The highest BCUT2D eigenvalue weighted by molar-refractivity contribution is 7.84. The van der Waals surface area contributed by atoms with Crippen molar-refractivity contribution in [2.75, 3.05) is 36.2 Å². The summed E-state index contributed by atoms with van der Waals surface area (Å²) >= 11 is 0. The molecule has 0 radical (unpaired) electrons. The van der Waals surface area contributed by atoms with E-state index in [1.807, 2.05) is 13.8 Å². The SMILES string of the molecule is CC.CCOC(=O)N(Cc1cccc(COCCCCO)n1)c1nc(S(=O)CC)nc(N)c1[N+](=O)[O-]. The van der Waals surface area contributed by atoms with Crippen molar-refractivity contribution >= 4 is 34.2 Å². The molecule has 14 heteroatoms. The van der Waals surface area contributed by atoms with Gasteiger partial charge in [-0.15, -0.1) is 0 Å². The highest BCUT2D eigenvalue weighted by Crippen LogP contribution is 2.33. The predicted molar refractivity (Wildman–Crippen MR) is 135 cm³/mol. The summed E-state index contributed by atoms with van der Waals surface area (Å²) in [6, 6.07) is 5.07. The quantitative estimate of drug-likeness (QED) is 0.169. The molecule has 0 saturated carbocycles. The van der Waals surface area contributed by atoms with Crippen molar-refractivity contribution in [3.8, 4) is 0 Å². The summed E-state index contributed by atoms with van der Waals surface area (Å²) < 4.78 is 22.9. The van der Waals surface area contributed by atoms with Crippen LogP contribution >= 0.6 is 0 Å². The van der Waals surface area contributed by atoms with Crippen molar-refractivity contribution in [1.82, 2.24) is 15.0 Å². The lowest BCUT2D eigenvalue weighted by Gasteiger charge is -2.21. The molecular formula is C22H34N6O7S. The van der Waals surface area contributed by atoms with Crippen LogP contribution < -0.4 is 10.6 Å². The number of anilines is 2. The molecule has 0 aliphatic rings. The first-order valence-electron chi connectivity index (χ1n) is 11.6. The number of nitrogens with two attached hydrogens (primary N) is 1. The second-order valence-electron chi connectivity index (χ2n) is 6.84. The molecule has 0 saturated heterocycles. The average molecular weight is 527 g/mol. The third-order valence-corrected chi connectivity index (χ3v) is 5.51. The van der Waals surface area contributed by atoms with Gasteiger partial charge in [0, 0.05) is 19.0 Å². The van der Waals surface area contributed by atoms with Crippen LogP contribution in [-0.4, -0.2) is 60.9 Å². The molecule has 2 rings (SSSR count). The molecule has 1 atom stereocenters. The lowest BCUT2D eigenvalue weighted by atomic mass is 10.3. The van der Waals surface area contributed by atoms with E-state index in [-0.39, 0.29) is 37.3 Å². The Morgan fingerprint density at radius 2 is 1.89 bits per heavy atom. The van der Waals surface area contributed by atoms with Gasteiger partial charge in [0.25, 0.3) is 0 Å². The molecule has 200 valence electrons. The van der Waals surface area contributed by atoms with E-state index in [1.165, 1.54) is 0 Å². The number of amides is 1. The Hall–Kier alpha value is -3.23. The number of hydrogen-bond donors (Lipinski definition) is 2. The molecule has 0 aliphatic carbocycles. The molecule has 13 nitrogen and oxygen atoms in total. The smallest absolute Gasteiger partial charge is 0.416 e. The zero-order valence-corrected chi connectivity index (χ0v) is 21.8. The fourth-order valence-electron chi connectivity index (χ4n) is 2.81. The summed E-state index contributed by atoms with van der Waals surface area (Å²) in [4.78, 5) is 36.9. The van der Waals surface area contributed by atoms with Crippen LogP contribution in [0.5, 0.6) is 0 Å². The van der Waals surface area contributed by atoms with E-state index in [9.17, 15) is 19.1 Å². The summed E-state index contributed by atoms with van der Waals surface area (Å²) in [6.45, 7) is 7.74. The third-order valence-electron chi connectivity index (χ3n) is 4.40. The summed E-state index contributed by atoms with van der Waals surface area (Å²) in [5, 5.41) is 20.3. The van der Waals surface area contributed by atoms with Crippen LogP contribution in [0, 0.1) is 10.1 Å². The summed E-state index contributed by atoms with van der Waals surface area (Å²) in [7, 11) is -1.67. The van der Waals surface area contributed by atoms with E-state index >= 15 is 0 Å². The number of unbranched alkanes of at least 4 members (excludes halogenated alkanes) is 1. The Labute approximate surface area is 212 Å². The van der Waals surface area contributed by atoms with E-state index in [4.69, 9.17) is 20.3 Å². The second kappa shape index (κ2) is 16.4. The minimum Gasteiger partial charge on any atom is -0.449 e. The van der Waals surface area contributed by atoms with Gasteiger partial charge in [-0.3, -0.25) is 19.3 Å². The molecule has 36 heavy (non-hydrogen) atoms. The first-order chi connectivity index (χ1) is 17.3. The molecule has 0 spiro atoms. The van der Waals surface area contributed by atoms with E-state index < -0.39 is 39.1 Å². The number of pyridine rings is 1. The van der Waals surface area contributed by atoms with Gasteiger partial charge in [-0.05, 0) is 31.9 Å². The van der Waals surface area contributed by atoms with Gasteiger partial charge in [0.1, 0.15) is 0 Å². The van der Waals surface area contributed by atoms with Gasteiger partial charge in [-0.25, -0.2) is 9.69 Å². The van der Waals surface area contributed by atoms with Crippen LogP contribution in [0.4, 0.5) is 22.1 Å². The number of aliphatic hydroxyl groups excluding tert-OH is 1. The number of carbonyl (C=O) groups excluding carboxylic acids is 1. The van der Waals surface area contributed by atoms with Crippen molar-refractivity contribution in [3.05, 3.63) is 39.7 Å². The van der Waals surface area contributed by atoms with Gasteiger partial charge in [-0.1, -0.05) is 26.8 Å². The van der Waals surface area contributed by atoms with E-state index in [1.54, 1.807) is 32.0 Å².